The van der Waals surface area contributed by atoms with E-state index < -0.39 is 33.0 Å². The van der Waals surface area contributed by atoms with Crippen molar-refractivity contribution in [3.05, 3.63) is 39.5 Å². The molecule has 0 aliphatic rings. The minimum Gasteiger partial charge on any atom is -0.464 e. The van der Waals surface area contributed by atoms with E-state index in [2.05, 4.69) is 31.9 Å². The predicted octanol–water partition coefficient (Wildman–Crippen LogP) is 6.37. The molecule has 1 atom stereocenters. The van der Waals surface area contributed by atoms with Crippen LogP contribution < -0.4 is 0 Å². The molecule has 0 aliphatic carbocycles. The zero-order valence-corrected chi connectivity index (χ0v) is 15.5. The van der Waals surface area contributed by atoms with Crippen molar-refractivity contribution in [3.8, 4) is 11.3 Å². The molecular weight excluding hydrogens is 513 g/mol. The molecule has 0 spiro atoms. The molecule has 1 aromatic carbocycles. The van der Waals surface area contributed by atoms with E-state index in [0.29, 0.717) is 0 Å². The van der Waals surface area contributed by atoms with Crippen molar-refractivity contribution in [3.63, 3.8) is 0 Å². The van der Waals surface area contributed by atoms with E-state index in [4.69, 9.17) is 4.42 Å². The first-order valence-corrected chi connectivity index (χ1v) is 8.81. The summed E-state index contributed by atoms with van der Waals surface area (Å²) in [6, 6.07) is 4.64. The summed E-state index contributed by atoms with van der Waals surface area (Å²) in [5, 5.41) is -5.91. The smallest absolute Gasteiger partial charge is 0.461 e. The third kappa shape index (κ3) is 3.52. The highest BCUT2D eigenvalue weighted by Crippen LogP contribution is 2.51. The summed E-state index contributed by atoms with van der Waals surface area (Å²) in [7, 11) is -4.05. The highest BCUT2D eigenvalue weighted by molar-refractivity contribution is 9.11. The molecule has 0 saturated carbocycles. The molecule has 2 nitrogen and oxygen atoms in total. The van der Waals surface area contributed by atoms with Crippen LogP contribution >= 0.6 is 31.9 Å². The van der Waals surface area contributed by atoms with Crippen molar-refractivity contribution in [1.82, 2.24) is 0 Å². The monoisotopic (exact) mass is 516 g/mol. The maximum absolute atomic E-state index is 13.8. The van der Waals surface area contributed by atoms with Crippen molar-refractivity contribution >= 4 is 42.7 Å². The Morgan fingerprint density at radius 2 is 1.60 bits per heavy atom. The van der Waals surface area contributed by atoms with Crippen LogP contribution in [0.1, 0.15) is 0 Å². The Morgan fingerprint density at radius 1 is 1.00 bits per heavy atom. The molecule has 2 rings (SSSR count). The summed E-state index contributed by atoms with van der Waals surface area (Å²) in [4.78, 5) is -0.954. The second-order valence-corrected chi connectivity index (χ2v) is 7.86. The number of benzene rings is 1. The van der Waals surface area contributed by atoms with Gasteiger partial charge in [-0.2, -0.15) is 30.7 Å². The lowest BCUT2D eigenvalue weighted by Gasteiger charge is -2.28. The fourth-order valence-corrected chi connectivity index (χ4v) is 4.73. The first-order chi connectivity index (χ1) is 11.3. The molecule has 0 N–H and O–H groups in total. The van der Waals surface area contributed by atoms with Crippen LogP contribution in [0.15, 0.2) is 48.8 Å². The first-order valence-electron chi connectivity index (χ1n) is 6.08. The Bertz CT molecular complexity index is 803. The first kappa shape index (κ1) is 20.4. The van der Waals surface area contributed by atoms with E-state index in [-0.39, 0.29) is 20.3 Å². The van der Waals surface area contributed by atoms with Gasteiger partial charge in [0.05, 0.1) is 11.2 Å². The normalized spacial score (nSPS) is 14.6. The molecular formula is C13H5Br2F7O2S. The minimum atomic E-state index is -6.58. The summed E-state index contributed by atoms with van der Waals surface area (Å²) >= 11 is 5.85. The van der Waals surface area contributed by atoms with Crippen molar-refractivity contribution in [2.45, 2.75) is 22.2 Å². The number of halogens is 9. The highest BCUT2D eigenvalue weighted by Gasteiger charge is 2.76. The third-order valence-corrected chi connectivity index (χ3v) is 5.47. The number of hydrogen-bond donors (Lipinski definition) is 0. The van der Waals surface area contributed by atoms with E-state index >= 15 is 0 Å². The van der Waals surface area contributed by atoms with Crippen molar-refractivity contribution in [2.75, 3.05) is 0 Å². The molecule has 12 heteroatoms. The van der Waals surface area contributed by atoms with Gasteiger partial charge in [-0.1, -0.05) is 15.9 Å². The van der Waals surface area contributed by atoms with E-state index in [1.54, 1.807) is 0 Å². The largest absolute Gasteiger partial charge is 0.464 e. The van der Waals surface area contributed by atoms with E-state index in [1.165, 1.54) is 18.2 Å². The van der Waals surface area contributed by atoms with E-state index in [1.807, 2.05) is 0 Å². The number of alkyl halides is 7. The molecule has 2 aromatic rings. The topological polar surface area (TPSA) is 30.2 Å². The molecule has 0 saturated heterocycles. The second kappa shape index (κ2) is 6.69. The van der Waals surface area contributed by atoms with Crippen LogP contribution in [0.25, 0.3) is 11.3 Å². The lowest BCUT2D eigenvalue weighted by molar-refractivity contribution is -0.331. The van der Waals surface area contributed by atoms with Gasteiger partial charge in [0, 0.05) is 14.5 Å². The SMILES string of the molecule is O=S(c1cc(Br)cc(Br)c1-c1ccco1)C(F)(F)C(F)(F)C(F)(F)F. The van der Waals surface area contributed by atoms with E-state index in [9.17, 15) is 34.9 Å². The van der Waals surface area contributed by atoms with Crippen LogP contribution in [0.3, 0.4) is 0 Å². The van der Waals surface area contributed by atoms with Gasteiger partial charge in [0.25, 0.3) is 0 Å². The van der Waals surface area contributed by atoms with Crippen LogP contribution in [0.5, 0.6) is 0 Å². The van der Waals surface area contributed by atoms with Gasteiger partial charge in [-0.3, -0.25) is 0 Å². The Morgan fingerprint density at radius 3 is 2.08 bits per heavy atom. The van der Waals surface area contributed by atoms with Crippen molar-refractivity contribution in [2.24, 2.45) is 0 Å². The second-order valence-electron chi connectivity index (χ2n) is 4.60. The average Bonchev–Trinajstić information content (AvgIpc) is 2.97. The van der Waals surface area contributed by atoms with Crippen LogP contribution in [0, 0.1) is 0 Å². The maximum atomic E-state index is 13.8. The van der Waals surface area contributed by atoms with Gasteiger partial charge in [0.2, 0.25) is 0 Å². The van der Waals surface area contributed by atoms with Crippen LogP contribution in [0.4, 0.5) is 30.7 Å². The quantitative estimate of drug-likeness (QED) is 0.441. The summed E-state index contributed by atoms with van der Waals surface area (Å²) in [5.74, 6) is -6.64. The maximum Gasteiger partial charge on any atom is 0.461 e. The lowest BCUT2D eigenvalue weighted by atomic mass is 10.2. The number of rotatable bonds is 4. The number of furan rings is 1. The molecule has 0 radical (unpaired) electrons. The van der Waals surface area contributed by atoms with Crippen LogP contribution in [-0.4, -0.2) is 21.6 Å². The average molecular weight is 518 g/mol. The summed E-state index contributed by atoms with van der Waals surface area (Å²) in [5.41, 5.74) is -0.329. The Balaban J connectivity index is 2.68. The predicted molar refractivity (Wildman–Crippen MR) is 81.9 cm³/mol. The highest BCUT2D eigenvalue weighted by atomic mass is 79.9. The molecule has 0 bridgehead atoms. The summed E-state index contributed by atoms with van der Waals surface area (Å²) < 4.78 is 108. The van der Waals surface area contributed by atoms with Crippen LogP contribution in [-0.2, 0) is 10.8 Å². The van der Waals surface area contributed by atoms with Gasteiger partial charge in [0.1, 0.15) is 16.6 Å². The molecule has 25 heavy (non-hydrogen) atoms. The Labute approximate surface area is 155 Å². The van der Waals surface area contributed by atoms with Gasteiger partial charge in [-0.25, -0.2) is 4.21 Å². The van der Waals surface area contributed by atoms with Gasteiger partial charge in [-0.05, 0) is 40.2 Å². The Hall–Kier alpha value is -0.880. The van der Waals surface area contributed by atoms with Gasteiger partial charge >= 0.3 is 17.4 Å². The lowest BCUT2D eigenvalue weighted by Crippen LogP contribution is -2.54. The van der Waals surface area contributed by atoms with Crippen LogP contribution in [0.2, 0.25) is 0 Å². The summed E-state index contributed by atoms with van der Waals surface area (Å²) in [6.45, 7) is 0. The molecule has 0 amide bonds. The van der Waals surface area contributed by atoms with Gasteiger partial charge in [-0.15, -0.1) is 0 Å². The standard InChI is InChI=1S/C13H5Br2F7O2S/c14-6-4-7(15)10(8-2-1-3-24-8)9(5-6)25(23)13(21,22)11(16,17)12(18,19)20/h1-5H. The molecule has 1 unspecified atom stereocenters. The molecule has 1 heterocycles. The molecule has 0 fully saturated rings. The molecule has 0 aliphatic heterocycles. The zero-order valence-electron chi connectivity index (χ0n) is 11.5. The summed E-state index contributed by atoms with van der Waals surface area (Å²) in [6.07, 6.45) is -5.46. The van der Waals surface area contributed by atoms with E-state index in [0.717, 1.165) is 12.3 Å². The fraction of sp³-hybridized carbons (Fsp3) is 0.231. The van der Waals surface area contributed by atoms with Crippen molar-refractivity contribution in [1.29, 1.82) is 0 Å². The zero-order chi connectivity index (χ0) is 19.2. The fourth-order valence-electron chi connectivity index (χ4n) is 1.78. The van der Waals surface area contributed by atoms with Gasteiger partial charge < -0.3 is 4.42 Å². The third-order valence-electron chi connectivity index (χ3n) is 2.94. The van der Waals surface area contributed by atoms with Gasteiger partial charge in [0.15, 0.2) is 0 Å². The minimum absolute atomic E-state index is 0.00583. The molecule has 138 valence electrons. The molecule has 1 aromatic heterocycles. The number of hydrogen-bond acceptors (Lipinski definition) is 2. The Kier molecular flexibility index (Phi) is 5.47. The van der Waals surface area contributed by atoms with Crippen molar-refractivity contribution < 1.29 is 39.4 Å².